The minimum absolute atomic E-state index is 0.137. The van der Waals surface area contributed by atoms with E-state index in [1.54, 1.807) is 7.11 Å². The van der Waals surface area contributed by atoms with Gasteiger partial charge in [0, 0.05) is 18.7 Å². The molecular formula is C25H24N2O4. The van der Waals surface area contributed by atoms with Crippen molar-refractivity contribution in [2.45, 2.75) is 25.5 Å². The van der Waals surface area contributed by atoms with Crippen LogP contribution in [0.25, 0.3) is 0 Å². The zero-order valence-corrected chi connectivity index (χ0v) is 17.3. The summed E-state index contributed by atoms with van der Waals surface area (Å²) in [5, 5.41) is 5.76. The van der Waals surface area contributed by atoms with Crippen molar-refractivity contribution in [2.24, 2.45) is 0 Å². The van der Waals surface area contributed by atoms with Gasteiger partial charge in [0.15, 0.2) is 11.5 Å². The first-order valence-electron chi connectivity index (χ1n) is 10.1. The summed E-state index contributed by atoms with van der Waals surface area (Å²) in [4.78, 5) is 24.8. The van der Waals surface area contributed by atoms with Gasteiger partial charge in [0.1, 0.15) is 6.61 Å². The number of amides is 2. The van der Waals surface area contributed by atoms with Crippen LogP contribution < -0.4 is 20.1 Å². The first-order valence-corrected chi connectivity index (χ1v) is 10.1. The number of hydrogen-bond acceptors (Lipinski definition) is 4. The molecule has 6 nitrogen and oxygen atoms in total. The Labute approximate surface area is 181 Å². The molecule has 3 aromatic carbocycles. The van der Waals surface area contributed by atoms with Crippen LogP contribution in [0.2, 0.25) is 0 Å². The summed E-state index contributed by atoms with van der Waals surface area (Å²) < 4.78 is 11.4. The predicted octanol–water partition coefficient (Wildman–Crippen LogP) is 4.02. The molecule has 0 bridgehead atoms. The van der Waals surface area contributed by atoms with Crippen molar-refractivity contribution < 1.29 is 19.1 Å². The molecule has 1 unspecified atom stereocenters. The molecule has 2 N–H and O–H groups in total. The second-order valence-corrected chi connectivity index (χ2v) is 7.37. The Morgan fingerprint density at radius 2 is 1.77 bits per heavy atom. The Morgan fingerprint density at radius 3 is 2.58 bits per heavy atom. The van der Waals surface area contributed by atoms with Gasteiger partial charge in [-0.1, -0.05) is 54.6 Å². The fraction of sp³-hybridized carbons (Fsp3) is 0.200. The molecule has 31 heavy (non-hydrogen) atoms. The van der Waals surface area contributed by atoms with Crippen LogP contribution >= 0.6 is 0 Å². The van der Waals surface area contributed by atoms with Crippen LogP contribution in [-0.4, -0.2) is 18.9 Å². The molecule has 1 aliphatic heterocycles. The summed E-state index contributed by atoms with van der Waals surface area (Å²) in [5.41, 5.74) is 3.48. The summed E-state index contributed by atoms with van der Waals surface area (Å²) in [6.45, 7) is 0.769. The van der Waals surface area contributed by atoms with Crippen molar-refractivity contribution >= 4 is 17.5 Å². The molecule has 1 atom stereocenters. The molecule has 1 heterocycles. The zero-order valence-electron chi connectivity index (χ0n) is 17.3. The molecule has 0 fully saturated rings. The van der Waals surface area contributed by atoms with E-state index in [9.17, 15) is 9.59 Å². The lowest BCUT2D eigenvalue weighted by Gasteiger charge is -2.24. The van der Waals surface area contributed by atoms with E-state index in [0.29, 0.717) is 30.3 Å². The van der Waals surface area contributed by atoms with Crippen LogP contribution in [0.4, 0.5) is 5.69 Å². The SMILES string of the molecule is COc1cc(CNC(=O)C2CC(=O)Nc3ccccc32)ccc1OCc1ccccc1. The van der Waals surface area contributed by atoms with Gasteiger partial charge >= 0.3 is 0 Å². The molecule has 0 aromatic heterocycles. The molecule has 3 aromatic rings. The van der Waals surface area contributed by atoms with Gasteiger partial charge in [-0.3, -0.25) is 9.59 Å². The highest BCUT2D eigenvalue weighted by Crippen LogP contribution is 2.32. The molecule has 158 valence electrons. The van der Waals surface area contributed by atoms with E-state index in [1.165, 1.54) is 0 Å². The number of benzene rings is 3. The van der Waals surface area contributed by atoms with Crippen molar-refractivity contribution in [3.8, 4) is 11.5 Å². The third-order valence-electron chi connectivity index (χ3n) is 5.25. The van der Waals surface area contributed by atoms with Gasteiger partial charge in [0.25, 0.3) is 0 Å². The maximum absolute atomic E-state index is 12.8. The number of carbonyl (C=O) groups excluding carboxylic acids is 2. The second-order valence-electron chi connectivity index (χ2n) is 7.37. The Kier molecular flexibility index (Phi) is 6.17. The number of fused-ring (bicyclic) bond motifs is 1. The highest BCUT2D eigenvalue weighted by atomic mass is 16.5. The molecule has 0 saturated carbocycles. The number of carbonyl (C=O) groups is 2. The molecule has 0 spiro atoms. The highest BCUT2D eigenvalue weighted by molar-refractivity contribution is 6.01. The number of hydrogen-bond donors (Lipinski definition) is 2. The Morgan fingerprint density at radius 1 is 1.00 bits per heavy atom. The molecule has 1 aliphatic rings. The molecule has 0 aliphatic carbocycles. The number of para-hydroxylation sites is 1. The Hall–Kier alpha value is -3.80. The quantitative estimate of drug-likeness (QED) is 0.610. The first kappa shape index (κ1) is 20.5. The van der Waals surface area contributed by atoms with Crippen molar-refractivity contribution in [1.82, 2.24) is 5.32 Å². The molecule has 4 rings (SSSR count). The van der Waals surface area contributed by atoms with E-state index in [0.717, 1.165) is 16.7 Å². The standard InChI is InChI=1S/C25H24N2O4/c1-30-23-13-18(11-12-22(23)31-16-17-7-3-2-4-8-17)15-26-25(29)20-14-24(28)27-21-10-6-5-9-19(20)21/h2-13,20H,14-16H2,1H3,(H,26,29)(H,27,28). The lowest BCUT2D eigenvalue weighted by molar-refractivity contribution is -0.126. The lowest BCUT2D eigenvalue weighted by atomic mass is 9.90. The minimum atomic E-state index is -0.500. The fourth-order valence-electron chi connectivity index (χ4n) is 3.63. The molecule has 2 amide bonds. The van der Waals surface area contributed by atoms with Gasteiger partial charge in [-0.2, -0.15) is 0 Å². The van der Waals surface area contributed by atoms with Crippen LogP contribution in [0, 0.1) is 0 Å². The Bertz CT molecular complexity index is 1080. The summed E-state index contributed by atoms with van der Waals surface area (Å²) in [6, 6.07) is 22.9. The number of anilines is 1. The van der Waals surface area contributed by atoms with Crippen LogP contribution in [0.5, 0.6) is 11.5 Å². The van der Waals surface area contributed by atoms with Gasteiger partial charge in [0.2, 0.25) is 11.8 Å². The van der Waals surface area contributed by atoms with Gasteiger partial charge in [-0.15, -0.1) is 0 Å². The molecule has 6 heteroatoms. The predicted molar refractivity (Wildman–Crippen MR) is 118 cm³/mol. The van der Waals surface area contributed by atoms with E-state index in [-0.39, 0.29) is 18.2 Å². The van der Waals surface area contributed by atoms with Crippen LogP contribution in [0.1, 0.15) is 29.0 Å². The molecule has 0 radical (unpaired) electrons. The second kappa shape index (κ2) is 9.34. The van der Waals surface area contributed by atoms with Crippen LogP contribution in [0.15, 0.2) is 72.8 Å². The van der Waals surface area contributed by atoms with Crippen LogP contribution in [0.3, 0.4) is 0 Å². The smallest absolute Gasteiger partial charge is 0.228 e. The van der Waals surface area contributed by atoms with Crippen molar-refractivity contribution in [3.63, 3.8) is 0 Å². The zero-order chi connectivity index (χ0) is 21.6. The maximum atomic E-state index is 12.8. The third-order valence-corrected chi connectivity index (χ3v) is 5.25. The Balaban J connectivity index is 1.40. The topological polar surface area (TPSA) is 76.7 Å². The van der Waals surface area contributed by atoms with E-state index in [1.807, 2.05) is 72.8 Å². The average Bonchev–Trinajstić information content (AvgIpc) is 2.81. The maximum Gasteiger partial charge on any atom is 0.228 e. The van der Waals surface area contributed by atoms with Gasteiger partial charge in [-0.25, -0.2) is 0 Å². The number of nitrogens with one attached hydrogen (secondary N) is 2. The molecular weight excluding hydrogens is 392 g/mol. The monoisotopic (exact) mass is 416 g/mol. The largest absolute Gasteiger partial charge is 0.493 e. The average molecular weight is 416 g/mol. The van der Waals surface area contributed by atoms with Crippen molar-refractivity contribution in [2.75, 3.05) is 12.4 Å². The summed E-state index contributed by atoms with van der Waals surface area (Å²) in [7, 11) is 1.59. The summed E-state index contributed by atoms with van der Waals surface area (Å²) >= 11 is 0. The number of ether oxygens (including phenoxy) is 2. The van der Waals surface area contributed by atoms with E-state index in [2.05, 4.69) is 10.6 Å². The molecule has 0 saturated heterocycles. The first-order chi connectivity index (χ1) is 15.1. The van der Waals surface area contributed by atoms with E-state index >= 15 is 0 Å². The summed E-state index contributed by atoms with van der Waals surface area (Å²) in [5.74, 6) is 0.413. The van der Waals surface area contributed by atoms with Crippen LogP contribution in [-0.2, 0) is 22.7 Å². The van der Waals surface area contributed by atoms with Gasteiger partial charge in [-0.05, 0) is 34.9 Å². The minimum Gasteiger partial charge on any atom is -0.493 e. The lowest BCUT2D eigenvalue weighted by Crippen LogP contribution is -2.34. The normalized spacial score (nSPS) is 14.9. The fourth-order valence-corrected chi connectivity index (χ4v) is 3.63. The highest BCUT2D eigenvalue weighted by Gasteiger charge is 2.30. The van der Waals surface area contributed by atoms with Gasteiger partial charge in [0.05, 0.1) is 13.0 Å². The summed E-state index contributed by atoms with van der Waals surface area (Å²) in [6.07, 6.45) is 0.137. The third kappa shape index (κ3) is 4.86. The van der Waals surface area contributed by atoms with Crippen molar-refractivity contribution in [3.05, 3.63) is 89.5 Å². The van der Waals surface area contributed by atoms with Gasteiger partial charge < -0.3 is 20.1 Å². The number of methoxy groups -OCH3 is 1. The van der Waals surface area contributed by atoms with E-state index in [4.69, 9.17) is 9.47 Å². The number of rotatable bonds is 7. The van der Waals surface area contributed by atoms with E-state index < -0.39 is 5.92 Å². The van der Waals surface area contributed by atoms with Crippen molar-refractivity contribution in [1.29, 1.82) is 0 Å².